The van der Waals surface area contributed by atoms with Gasteiger partial charge in [-0.05, 0) is 36.8 Å². The summed E-state index contributed by atoms with van der Waals surface area (Å²) in [6.07, 6.45) is 0. The van der Waals surface area contributed by atoms with E-state index < -0.39 is 23.6 Å². The monoisotopic (exact) mass is 344 g/mol. The third kappa shape index (κ3) is 3.74. The average Bonchev–Trinajstić information content (AvgIpc) is 2.55. The summed E-state index contributed by atoms with van der Waals surface area (Å²) in [6.45, 7) is 1.89. The Morgan fingerprint density at radius 3 is 2.36 bits per heavy atom. The number of hydrogen-bond donors (Lipinski definition) is 4. The summed E-state index contributed by atoms with van der Waals surface area (Å²) in [5.74, 6) is -0.959. The number of phenols is 2. The van der Waals surface area contributed by atoms with E-state index in [1.165, 1.54) is 26.2 Å². The lowest BCUT2D eigenvalue weighted by atomic mass is 10.2. The quantitative estimate of drug-likeness (QED) is 0.640. The zero-order valence-electron chi connectivity index (χ0n) is 14.1. The molecule has 2 rings (SSSR count). The first-order valence-electron chi connectivity index (χ1n) is 7.42. The second-order valence-corrected chi connectivity index (χ2v) is 5.56. The van der Waals surface area contributed by atoms with Gasteiger partial charge in [0.25, 0.3) is 0 Å². The van der Waals surface area contributed by atoms with Gasteiger partial charge in [-0.25, -0.2) is 9.59 Å². The van der Waals surface area contributed by atoms with Crippen molar-refractivity contribution in [3.8, 4) is 11.5 Å². The van der Waals surface area contributed by atoms with Gasteiger partial charge in [0.1, 0.15) is 5.69 Å². The fourth-order valence-electron chi connectivity index (χ4n) is 2.31. The third-order valence-electron chi connectivity index (χ3n) is 3.71. The predicted octanol–water partition coefficient (Wildman–Crippen LogP) is 2.59. The second-order valence-electron chi connectivity index (χ2n) is 5.56. The van der Waals surface area contributed by atoms with Crippen LogP contribution in [0.4, 0.5) is 26.7 Å². The number of urea groups is 2. The molecular formula is C17H20N4O4. The van der Waals surface area contributed by atoms with Crippen molar-refractivity contribution in [2.24, 2.45) is 5.73 Å². The normalized spacial score (nSPS) is 10.2. The minimum absolute atomic E-state index is 0.0496. The maximum atomic E-state index is 12.5. The van der Waals surface area contributed by atoms with Crippen molar-refractivity contribution in [3.63, 3.8) is 0 Å². The summed E-state index contributed by atoms with van der Waals surface area (Å²) in [7, 11) is 2.79. The molecule has 0 saturated heterocycles. The molecule has 0 bridgehead atoms. The van der Waals surface area contributed by atoms with E-state index in [2.05, 4.69) is 5.32 Å². The first-order chi connectivity index (χ1) is 11.7. The Labute approximate surface area is 145 Å². The van der Waals surface area contributed by atoms with Gasteiger partial charge in [-0.1, -0.05) is 12.1 Å². The van der Waals surface area contributed by atoms with Crippen molar-refractivity contribution in [1.82, 2.24) is 0 Å². The van der Waals surface area contributed by atoms with Crippen LogP contribution in [0.5, 0.6) is 11.5 Å². The number of hydrogen-bond acceptors (Lipinski definition) is 4. The number of nitrogens with zero attached hydrogens (tertiary/aromatic N) is 2. The maximum absolute atomic E-state index is 12.5. The summed E-state index contributed by atoms with van der Waals surface area (Å²) in [6, 6.07) is 8.43. The van der Waals surface area contributed by atoms with Gasteiger partial charge >= 0.3 is 12.1 Å². The van der Waals surface area contributed by atoms with E-state index in [1.54, 1.807) is 18.2 Å². The zero-order valence-corrected chi connectivity index (χ0v) is 14.1. The number of anilines is 3. The third-order valence-corrected chi connectivity index (χ3v) is 3.71. The van der Waals surface area contributed by atoms with E-state index in [9.17, 15) is 19.8 Å². The fraction of sp³-hybridized carbons (Fsp3) is 0.176. The zero-order chi connectivity index (χ0) is 18.7. The number of carbonyl (C=O) groups excluding carboxylic acids is 2. The van der Waals surface area contributed by atoms with E-state index in [0.717, 1.165) is 15.4 Å². The predicted molar refractivity (Wildman–Crippen MR) is 96.4 cm³/mol. The van der Waals surface area contributed by atoms with Gasteiger partial charge in [0.05, 0.1) is 5.69 Å². The van der Waals surface area contributed by atoms with Crippen LogP contribution in [0.2, 0.25) is 0 Å². The Hall–Kier alpha value is -3.42. The van der Waals surface area contributed by atoms with Crippen molar-refractivity contribution in [3.05, 3.63) is 42.0 Å². The molecule has 0 aliphatic rings. The van der Waals surface area contributed by atoms with Gasteiger partial charge in [-0.15, -0.1) is 0 Å². The smallest absolute Gasteiger partial charge is 0.326 e. The van der Waals surface area contributed by atoms with E-state index in [4.69, 9.17) is 5.73 Å². The summed E-state index contributed by atoms with van der Waals surface area (Å²) >= 11 is 0. The summed E-state index contributed by atoms with van der Waals surface area (Å²) in [5.41, 5.74) is 6.92. The molecule has 0 fully saturated rings. The number of benzene rings is 2. The minimum Gasteiger partial charge on any atom is -0.504 e. The van der Waals surface area contributed by atoms with Gasteiger partial charge in [0.2, 0.25) is 0 Å². The topological polar surface area (TPSA) is 119 Å². The maximum Gasteiger partial charge on any atom is 0.326 e. The Kier molecular flexibility index (Phi) is 5.02. The number of amides is 4. The molecule has 2 aromatic rings. The van der Waals surface area contributed by atoms with Crippen molar-refractivity contribution in [1.29, 1.82) is 0 Å². The number of rotatable bonds is 3. The highest BCUT2D eigenvalue weighted by Gasteiger charge is 2.24. The van der Waals surface area contributed by atoms with Crippen LogP contribution in [0.1, 0.15) is 5.56 Å². The number of aryl methyl sites for hydroxylation is 1. The summed E-state index contributed by atoms with van der Waals surface area (Å²) < 4.78 is 0. The number of nitrogens with two attached hydrogens (primary N) is 1. The second kappa shape index (κ2) is 7.00. The lowest BCUT2D eigenvalue weighted by molar-refractivity contribution is 0.254. The van der Waals surface area contributed by atoms with Gasteiger partial charge in [-0.3, -0.25) is 9.80 Å². The van der Waals surface area contributed by atoms with Crippen molar-refractivity contribution >= 4 is 29.1 Å². The molecular weight excluding hydrogens is 324 g/mol. The standard InChI is InChI=1S/C17H20N4O4/c1-10-5-4-6-11(9-10)19-17(25)21(3)14-12(20(2)16(18)24)7-8-13(22)15(14)23/h4-9,22-23H,1-3H3,(H2,18,24)(H,19,25). The molecule has 4 amide bonds. The first kappa shape index (κ1) is 17.9. The van der Waals surface area contributed by atoms with Crippen LogP contribution in [0.25, 0.3) is 0 Å². The molecule has 0 unspecified atom stereocenters. The van der Waals surface area contributed by atoms with E-state index >= 15 is 0 Å². The number of nitrogens with one attached hydrogen (secondary N) is 1. The van der Waals surface area contributed by atoms with Crippen LogP contribution in [-0.2, 0) is 0 Å². The van der Waals surface area contributed by atoms with Crippen molar-refractivity contribution in [2.75, 3.05) is 29.2 Å². The minimum atomic E-state index is -0.779. The molecule has 5 N–H and O–H groups in total. The molecule has 0 heterocycles. The summed E-state index contributed by atoms with van der Waals surface area (Å²) in [5, 5.41) is 22.6. The molecule has 8 heteroatoms. The number of aromatic hydroxyl groups is 2. The fourth-order valence-corrected chi connectivity index (χ4v) is 2.31. The number of primary amides is 1. The highest BCUT2D eigenvalue weighted by atomic mass is 16.3. The Bertz CT molecular complexity index is 822. The van der Waals surface area contributed by atoms with Gasteiger partial charge < -0.3 is 21.3 Å². The van der Waals surface area contributed by atoms with E-state index in [-0.39, 0.29) is 11.4 Å². The largest absolute Gasteiger partial charge is 0.504 e. The van der Waals surface area contributed by atoms with Crippen molar-refractivity contribution in [2.45, 2.75) is 6.92 Å². The molecule has 0 aliphatic carbocycles. The highest BCUT2D eigenvalue weighted by molar-refractivity contribution is 6.07. The molecule has 0 saturated carbocycles. The Morgan fingerprint density at radius 2 is 1.76 bits per heavy atom. The van der Waals surface area contributed by atoms with Crippen LogP contribution in [0.15, 0.2) is 36.4 Å². The molecule has 2 aromatic carbocycles. The van der Waals surface area contributed by atoms with Crippen LogP contribution in [0, 0.1) is 6.92 Å². The van der Waals surface area contributed by atoms with E-state index in [0.29, 0.717) is 5.69 Å². The molecule has 8 nitrogen and oxygen atoms in total. The average molecular weight is 344 g/mol. The van der Waals surface area contributed by atoms with E-state index in [1.807, 2.05) is 13.0 Å². The van der Waals surface area contributed by atoms with Crippen molar-refractivity contribution < 1.29 is 19.8 Å². The van der Waals surface area contributed by atoms with Gasteiger partial charge in [0.15, 0.2) is 11.5 Å². The molecule has 0 aliphatic heterocycles. The number of phenolic OH excluding ortho intramolecular Hbond substituents is 2. The van der Waals surface area contributed by atoms with Gasteiger partial charge in [0, 0.05) is 19.8 Å². The highest BCUT2D eigenvalue weighted by Crippen LogP contribution is 2.42. The Morgan fingerprint density at radius 1 is 1.08 bits per heavy atom. The number of carbonyl (C=O) groups is 2. The lowest BCUT2D eigenvalue weighted by Gasteiger charge is -2.26. The first-order valence-corrected chi connectivity index (χ1v) is 7.42. The molecule has 0 atom stereocenters. The van der Waals surface area contributed by atoms with Crippen LogP contribution < -0.4 is 20.9 Å². The molecule has 25 heavy (non-hydrogen) atoms. The van der Waals surface area contributed by atoms with Gasteiger partial charge in [-0.2, -0.15) is 0 Å². The van der Waals surface area contributed by atoms with Crippen LogP contribution >= 0.6 is 0 Å². The molecule has 132 valence electrons. The summed E-state index contributed by atoms with van der Waals surface area (Å²) in [4.78, 5) is 26.1. The molecule has 0 radical (unpaired) electrons. The van der Waals surface area contributed by atoms with Crippen LogP contribution in [0.3, 0.4) is 0 Å². The SMILES string of the molecule is Cc1cccc(NC(=O)N(C)c2c(N(C)C(N)=O)ccc(O)c2O)c1. The molecule has 0 spiro atoms. The lowest BCUT2D eigenvalue weighted by Crippen LogP contribution is -2.36. The van der Waals surface area contributed by atoms with Crippen LogP contribution in [-0.4, -0.2) is 36.4 Å². The molecule has 0 aromatic heterocycles. The Balaban J connectivity index is 2.40.